The van der Waals surface area contributed by atoms with Gasteiger partial charge in [-0.25, -0.2) is 4.98 Å². The van der Waals surface area contributed by atoms with E-state index < -0.39 is 0 Å². The van der Waals surface area contributed by atoms with Crippen molar-refractivity contribution in [2.75, 3.05) is 38.7 Å². The molecular weight excluding hydrogens is 268 g/mol. The number of fused-ring (bicyclic) bond motifs is 1. The van der Waals surface area contributed by atoms with Crippen molar-refractivity contribution in [3.63, 3.8) is 0 Å². The van der Waals surface area contributed by atoms with E-state index in [9.17, 15) is 0 Å². The summed E-state index contributed by atoms with van der Waals surface area (Å²) in [6, 6.07) is 0.898. The zero-order valence-corrected chi connectivity index (χ0v) is 13.0. The molecule has 3 atom stereocenters. The van der Waals surface area contributed by atoms with Gasteiger partial charge in [0.05, 0.1) is 25.9 Å². The van der Waals surface area contributed by atoms with Crippen LogP contribution in [0, 0.1) is 0 Å². The summed E-state index contributed by atoms with van der Waals surface area (Å²) in [5.41, 5.74) is 0. The number of methoxy groups -OCH3 is 1. The Kier molecular flexibility index (Phi) is 4.77. The van der Waals surface area contributed by atoms with Crippen LogP contribution in [0.25, 0.3) is 0 Å². The summed E-state index contributed by atoms with van der Waals surface area (Å²) in [6.07, 6.45) is 6.71. The van der Waals surface area contributed by atoms with Crippen LogP contribution < -0.4 is 5.32 Å². The van der Waals surface area contributed by atoms with Crippen LogP contribution in [-0.2, 0) is 16.0 Å². The Bertz CT molecular complexity index is 451. The lowest BCUT2D eigenvalue weighted by Crippen LogP contribution is -2.47. The molecule has 0 aliphatic carbocycles. The van der Waals surface area contributed by atoms with Crippen molar-refractivity contribution in [1.82, 2.24) is 14.5 Å². The molecule has 2 saturated heterocycles. The van der Waals surface area contributed by atoms with E-state index in [0.717, 1.165) is 25.6 Å². The Morgan fingerprint density at radius 3 is 3.33 bits per heavy atom. The van der Waals surface area contributed by atoms with E-state index in [2.05, 4.69) is 26.7 Å². The number of aromatic nitrogens is 2. The highest BCUT2D eigenvalue weighted by Crippen LogP contribution is 2.23. The molecule has 0 bridgehead atoms. The lowest BCUT2D eigenvalue weighted by atomic mass is 10.2. The van der Waals surface area contributed by atoms with E-state index in [4.69, 9.17) is 9.47 Å². The molecule has 0 aromatic carbocycles. The van der Waals surface area contributed by atoms with Crippen molar-refractivity contribution in [2.24, 2.45) is 0 Å². The van der Waals surface area contributed by atoms with E-state index in [1.807, 2.05) is 12.4 Å². The first-order valence-corrected chi connectivity index (χ1v) is 7.88. The lowest BCUT2D eigenvalue weighted by molar-refractivity contribution is -0.0549. The van der Waals surface area contributed by atoms with Crippen LogP contribution in [0.4, 0.5) is 5.95 Å². The third kappa shape index (κ3) is 3.56. The maximum atomic E-state index is 6.03. The standard InChI is InChI=1S/C15H26N4O2/c1-12(10-20-2)17-15-16-5-7-19(15)9-14-8-18-6-3-4-13(18)11-21-14/h5,7,12-14H,3-4,6,8-11H2,1-2H3,(H,16,17). The Morgan fingerprint density at radius 2 is 2.48 bits per heavy atom. The number of hydrogen-bond donors (Lipinski definition) is 1. The predicted molar refractivity (Wildman–Crippen MR) is 81.5 cm³/mol. The summed E-state index contributed by atoms with van der Waals surface area (Å²) in [7, 11) is 1.72. The summed E-state index contributed by atoms with van der Waals surface area (Å²) in [6.45, 7) is 6.75. The minimum absolute atomic E-state index is 0.242. The summed E-state index contributed by atoms with van der Waals surface area (Å²) in [4.78, 5) is 6.97. The Morgan fingerprint density at radius 1 is 1.57 bits per heavy atom. The van der Waals surface area contributed by atoms with Crippen molar-refractivity contribution < 1.29 is 9.47 Å². The SMILES string of the molecule is COCC(C)Nc1nccn1CC1CN2CCCC2CO1. The molecule has 2 aliphatic heterocycles. The molecule has 1 aromatic rings. The number of nitrogens with zero attached hydrogens (tertiary/aromatic N) is 3. The molecule has 2 fully saturated rings. The highest BCUT2D eigenvalue weighted by atomic mass is 16.5. The molecule has 3 heterocycles. The third-order valence-electron chi connectivity index (χ3n) is 4.37. The molecule has 1 aromatic heterocycles. The van der Waals surface area contributed by atoms with Gasteiger partial charge in [0.25, 0.3) is 0 Å². The summed E-state index contributed by atoms with van der Waals surface area (Å²) >= 11 is 0. The molecule has 2 aliphatic rings. The Hall–Kier alpha value is -1.11. The van der Waals surface area contributed by atoms with E-state index >= 15 is 0 Å². The molecule has 0 radical (unpaired) electrons. The second-order valence-corrected chi connectivity index (χ2v) is 6.15. The molecule has 118 valence electrons. The lowest BCUT2D eigenvalue weighted by Gasteiger charge is -2.35. The molecule has 21 heavy (non-hydrogen) atoms. The van der Waals surface area contributed by atoms with Gasteiger partial charge in [-0.3, -0.25) is 4.90 Å². The fourth-order valence-electron chi connectivity index (χ4n) is 3.32. The van der Waals surface area contributed by atoms with Crippen LogP contribution in [0.15, 0.2) is 12.4 Å². The average Bonchev–Trinajstić information content (AvgIpc) is 3.08. The van der Waals surface area contributed by atoms with Gasteiger partial charge in [-0.2, -0.15) is 0 Å². The first-order chi connectivity index (χ1) is 10.3. The van der Waals surface area contributed by atoms with Crippen molar-refractivity contribution in [2.45, 2.75) is 44.5 Å². The zero-order valence-electron chi connectivity index (χ0n) is 13.0. The van der Waals surface area contributed by atoms with Gasteiger partial charge < -0.3 is 19.4 Å². The van der Waals surface area contributed by atoms with E-state index in [0.29, 0.717) is 12.6 Å². The first-order valence-electron chi connectivity index (χ1n) is 7.88. The van der Waals surface area contributed by atoms with Gasteiger partial charge in [0.15, 0.2) is 0 Å². The summed E-state index contributed by atoms with van der Waals surface area (Å²) < 4.78 is 13.3. The van der Waals surface area contributed by atoms with E-state index in [1.165, 1.54) is 19.4 Å². The maximum Gasteiger partial charge on any atom is 0.203 e. The number of imidazole rings is 1. The minimum atomic E-state index is 0.242. The van der Waals surface area contributed by atoms with Crippen molar-refractivity contribution in [3.05, 3.63) is 12.4 Å². The number of rotatable bonds is 6. The van der Waals surface area contributed by atoms with Crippen LogP contribution in [0.3, 0.4) is 0 Å². The summed E-state index contributed by atoms with van der Waals surface area (Å²) in [5.74, 6) is 0.895. The summed E-state index contributed by atoms with van der Waals surface area (Å²) in [5, 5.41) is 3.38. The highest BCUT2D eigenvalue weighted by molar-refractivity contribution is 5.27. The van der Waals surface area contributed by atoms with Gasteiger partial charge in [-0.05, 0) is 26.3 Å². The Labute approximate surface area is 126 Å². The molecule has 0 spiro atoms. The molecule has 6 heteroatoms. The largest absolute Gasteiger partial charge is 0.383 e. The molecule has 3 unspecified atom stereocenters. The van der Waals surface area contributed by atoms with Crippen molar-refractivity contribution >= 4 is 5.95 Å². The fraction of sp³-hybridized carbons (Fsp3) is 0.800. The zero-order chi connectivity index (χ0) is 14.7. The van der Waals surface area contributed by atoms with Crippen LogP contribution in [0.2, 0.25) is 0 Å². The number of nitrogens with one attached hydrogen (secondary N) is 1. The van der Waals surface area contributed by atoms with Crippen molar-refractivity contribution in [1.29, 1.82) is 0 Å². The molecule has 6 nitrogen and oxygen atoms in total. The van der Waals surface area contributed by atoms with Gasteiger partial charge in [0.1, 0.15) is 0 Å². The number of morpholine rings is 1. The van der Waals surface area contributed by atoms with Crippen LogP contribution >= 0.6 is 0 Å². The van der Waals surface area contributed by atoms with E-state index in [1.54, 1.807) is 7.11 Å². The minimum Gasteiger partial charge on any atom is -0.383 e. The van der Waals surface area contributed by atoms with Crippen molar-refractivity contribution in [3.8, 4) is 0 Å². The Balaban J connectivity index is 1.56. The monoisotopic (exact) mass is 294 g/mol. The number of hydrogen-bond acceptors (Lipinski definition) is 5. The second-order valence-electron chi connectivity index (χ2n) is 6.15. The van der Waals surface area contributed by atoms with Gasteiger partial charge in [0, 0.05) is 38.1 Å². The molecule has 0 saturated carbocycles. The van der Waals surface area contributed by atoms with Gasteiger partial charge in [-0.15, -0.1) is 0 Å². The molecular formula is C15H26N4O2. The van der Waals surface area contributed by atoms with Crippen LogP contribution in [0.1, 0.15) is 19.8 Å². The third-order valence-corrected chi connectivity index (χ3v) is 4.37. The molecule has 0 amide bonds. The maximum absolute atomic E-state index is 6.03. The average molecular weight is 294 g/mol. The first kappa shape index (κ1) is 14.8. The molecule has 3 rings (SSSR count). The predicted octanol–water partition coefficient (Wildman–Crippen LogP) is 1.19. The molecule has 1 N–H and O–H groups in total. The van der Waals surface area contributed by atoms with E-state index in [-0.39, 0.29) is 12.1 Å². The quantitative estimate of drug-likeness (QED) is 0.854. The van der Waals surface area contributed by atoms with Crippen LogP contribution in [0.5, 0.6) is 0 Å². The fourth-order valence-corrected chi connectivity index (χ4v) is 3.32. The van der Waals surface area contributed by atoms with Gasteiger partial charge in [-0.1, -0.05) is 0 Å². The second kappa shape index (κ2) is 6.77. The normalized spacial score (nSPS) is 27.5. The number of anilines is 1. The smallest absolute Gasteiger partial charge is 0.203 e. The van der Waals surface area contributed by atoms with Gasteiger partial charge in [0.2, 0.25) is 5.95 Å². The topological polar surface area (TPSA) is 51.5 Å². The van der Waals surface area contributed by atoms with Gasteiger partial charge >= 0.3 is 0 Å². The highest BCUT2D eigenvalue weighted by Gasteiger charge is 2.32. The number of ether oxygens (including phenoxy) is 2. The van der Waals surface area contributed by atoms with Crippen LogP contribution in [-0.4, -0.2) is 66.1 Å².